The quantitative estimate of drug-likeness (QED) is 0.866. The Kier molecular flexibility index (Phi) is 7.24. The smallest absolute Gasteiger partial charge is 0.319 e. The Bertz CT molecular complexity index is 488. The molecule has 0 aliphatic heterocycles. The van der Waals surface area contributed by atoms with Crippen LogP contribution in [0.3, 0.4) is 0 Å². The third-order valence-corrected chi connectivity index (χ3v) is 3.24. The maximum Gasteiger partial charge on any atom is 0.319 e. The molecule has 0 amide bonds. The highest BCUT2D eigenvalue weighted by atomic mass is 79.9. The molecular formula is C12H14BrN3O2S. The minimum absolute atomic E-state index is 0.234. The number of halogens is 1. The molecule has 1 heterocycles. The average molecular weight is 344 g/mol. The Hall–Kier alpha value is -1.31. The summed E-state index contributed by atoms with van der Waals surface area (Å²) < 4.78 is 9.31. The van der Waals surface area contributed by atoms with Crippen LogP contribution in [0.25, 0.3) is 10.6 Å². The number of benzene rings is 1. The first-order valence-electron chi connectivity index (χ1n) is 5.41. The van der Waals surface area contributed by atoms with Crippen LogP contribution in [0, 0.1) is 0 Å². The van der Waals surface area contributed by atoms with Gasteiger partial charge in [0.2, 0.25) is 0 Å². The van der Waals surface area contributed by atoms with Crippen LogP contribution in [0.15, 0.2) is 35.1 Å². The summed E-state index contributed by atoms with van der Waals surface area (Å²) in [7, 11) is 3.05. The van der Waals surface area contributed by atoms with Gasteiger partial charge in [-0.2, -0.15) is 4.37 Å². The summed E-state index contributed by atoms with van der Waals surface area (Å²) in [6.45, 7) is 0.288. The molecule has 102 valence electrons. The number of methoxy groups -OCH3 is 1. The first-order chi connectivity index (χ1) is 9.17. The van der Waals surface area contributed by atoms with Crippen molar-refractivity contribution >= 4 is 33.4 Å². The molecule has 0 unspecified atom stereocenters. The van der Waals surface area contributed by atoms with Crippen LogP contribution >= 0.6 is 27.5 Å². The zero-order chi connectivity index (χ0) is 14.1. The number of nitrogens with one attached hydrogen (secondary N) is 1. The van der Waals surface area contributed by atoms with Gasteiger partial charge in [-0.25, -0.2) is 4.98 Å². The van der Waals surface area contributed by atoms with E-state index in [1.807, 2.05) is 24.3 Å². The van der Waals surface area contributed by atoms with Gasteiger partial charge in [0.05, 0.1) is 13.7 Å². The first kappa shape index (κ1) is 15.7. The van der Waals surface area contributed by atoms with Crippen molar-refractivity contribution in [1.82, 2.24) is 14.7 Å². The van der Waals surface area contributed by atoms with E-state index in [1.165, 1.54) is 18.6 Å². The molecule has 0 saturated carbocycles. The summed E-state index contributed by atoms with van der Waals surface area (Å²) in [5.41, 5.74) is 1.11. The highest BCUT2D eigenvalue weighted by Crippen LogP contribution is 2.21. The molecule has 1 N–H and O–H groups in total. The predicted molar refractivity (Wildman–Crippen MR) is 79.0 cm³/mol. The first-order valence-corrected chi connectivity index (χ1v) is 6.98. The highest BCUT2D eigenvalue weighted by Gasteiger charge is 1.99. The molecule has 0 bridgehead atoms. The van der Waals surface area contributed by atoms with Crippen molar-refractivity contribution in [1.29, 1.82) is 0 Å². The van der Waals surface area contributed by atoms with E-state index < -0.39 is 0 Å². The maximum atomic E-state index is 10.1. The Morgan fingerprint density at radius 3 is 2.53 bits per heavy atom. The molecule has 2 aromatic rings. The lowest BCUT2D eigenvalue weighted by molar-refractivity contribution is -0.139. The lowest BCUT2D eigenvalue weighted by atomic mass is 10.2. The van der Waals surface area contributed by atoms with E-state index in [0.717, 1.165) is 15.0 Å². The van der Waals surface area contributed by atoms with Gasteiger partial charge in [0.15, 0.2) is 0 Å². The molecule has 0 spiro atoms. The van der Waals surface area contributed by atoms with Crippen molar-refractivity contribution in [3.63, 3.8) is 0 Å². The number of ether oxygens (including phenoxy) is 1. The van der Waals surface area contributed by atoms with Gasteiger partial charge in [-0.15, -0.1) is 0 Å². The van der Waals surface area contributed by atoms with Crippen molar-refractivity contribution in [2.75, 3.05) is 20.7 Å². The van der Waals surface area contributed by atoms with Gasteiger partial charge in [0.1, 0.15) is 11.3 Å². The maximum absolute atomic E-state index is 10.1. The van der Waals surface area contributed by atoms with Gasteiger partial charge in [-0.3, -0.25) is 4.79 Å². The highest BCUT2D eigenvalue weighted by molar-refractivity contribution is 9.10. The molecule has 5 nitrogen and oxygen atoms in total. The Morgan fingerprint density at radius 1 is 1.42 bits per heavy atom. The monoisotopic (exact) mass is 343 g/mol. The molecule has 0 saturated heterocycles. The second-order valence-corrected chi connectivity index (χ2v) is 5.06. The topological polar surface area (TPSA) is 64.1 Å². The number of nitrogens with zero attached hydrogens (tertiary/aromatic N) is 2. The zero-order valence-electron chi connectivity index (χ0n) is 10.6. The molecule has 0 aliphatic rings. The summed E-state index contributed by atoms with van der Waals surface area (Å²) >= 11 is 4.78. The van der Waals surface area contributed by atoms with E-state index in [2.05, 4.69) is 35.3 Å². The average Bonchev–Trinajstić information content (AvgIpc) is 2.94. The minimum atomic E-state index is -0.234. The predicted octanol–water partition coefficient (Wildman–Crippen LogP) is 2.35. The lowest BCUT2D eigenvalue weighted by Gasteiger charge is -1.93. The van der Waals surface area contributed by atoms with Crippen LogP contribution in [0.4, 0.5) is 0 Å². The van der Waals surface area contributed by atoms with Crippen molar-refractivity contribution in [3.05, 3.63) is 35.1 Å². The van der Waals surface area contributed by atoms with E-state index in [4.69, 9.17) is 0 Å². The number of likely N-dealkylation sites (N-methyl/N-ethyl adjacent to an activating group) is 1. The number of rotatable bonds is 3. The van der Waals surface area contributed by atoms with Crippen molar-refractivity contribution in [2.24, 2.45) is 0 Å². The molecule has 0 atom stereocenters. The van der Waals surface area contributed by atoms with Gasteiger partial charge >= 0.3 is 5.97 Å². The van der Waals surface area contributed by atoms with E-state index in [-0.39, 0.29) is 12.5 Å². The Morgan fingerprint density at radius 2 is 2.11 bits per heavy atom. The molecule has 7 heteroatoms. The number of carbonyl (C=O) groups is 1. The van der Waals surface area contributed by atoms with Crippen LogP contribution < -0.4 is 5.32 Å². The summed E-state index contributed by atoms with van der Waals surface area (Å²) in [6.07, 6.45) is 1.57. The largest absolute Gasteiger partial charge is 0.468 e. The van der Waals surface area contributed by atoms with Gasteiger partial charge in [0, 0.05) is 10.0 Å². The van der Waals surface area contributed by atoms with E-state index in [0.29, 0.717) is 0 Å². The number of esters is 1. The van der Waals surface area contributed by atoms with E-state index >= 15 is 0 Å². The molecular weight excluding hydrogens is 330 g/mol. The van der Waals surface area contributed by atoms with Crippen LogP contribution in [-0.4, -0.2) is 36.0 Å². The zero-order valence-corrected chi connectivity index (χ0v) is 13.0. The standard InChI is InChI=1S/C8H5BrN2S.C4H9NO2/c9-7-3-1-6(2-4-7)8-10-5-11-12-8;1-5-3-4(6)7-2/h1-5H;5H,3H2,1-2H3. The fraction of sp³-hybridized carbons (Fsp3) is 0.250. The number of hydrogen-bond donors (Lipinski definition) is 1. The van der Waals surface area contributed by atoms with Crippen LogP contribution in [0.5, 0.6) is 0 Å². The lowest BCUT2D eigenvalue weighted by Crippen LogP contribution is -2.19. The molecule has 1 aromatic carbocycles. The van der Waals surface area contributed by atoms with E-state index in [1.54, 1.807) is 13.4 Å². The summed E-state index contributed by atoms with van der Waals surface area (Å²) in [5, 5.41) is 3.60. The van der Waals surface area contributed by atoms with Gasteiger partial charge < -0.3 is 10.1 Å². The summed E-state index contributed by atoms with van der Waals surface area (Å²) in [4.78, 5) is 14.2. The van der Waals surface area contributed by atoms with Gasteiger partial charge in [0.25, 0.3) is 0 Å². The SMILES string of the molecule is Brc1ccc(-c2ncns2)cc1.CNCC(=O)OC. The van der Waals surface area contributed by atoms with Crippen molar-refractivity contribution < 1.29 is 9.53 Å². The van der Waals surface area contributed by atoms with E-state index in [9.17, 15) is 4.79 Å². The normalized spacial score (nSPS) is 9.42. The third-order valence-electron chi connectivity index (χ3n) is 2.00. The summed E-state index contributed by atoms with van der Waals surface area (Å²) in [5.74, 6) is -0.234. The fourth-order valence-corrected chi connectivity index (χ4v) is 1.90. The van der Waals surface area contributed by atoms with Gasteiger partial charge in [-0.05, 0) is 30.7 Å². The van der Waals surface area contributed by atoms with Crippen molar-refractivity contribution in [3.8, 4) is 10.6 Å². The van der Waals surface area contributed by atoms with Crippen molar-refractivity contribution in [2.45, 2.75) is 0 Å². The number of carbonyl (C=O) groups excluding carboxylic acids is 1. The minimum Gasteiger partial charge on any atom is -0.468 e. The number of hydrogen-bond acceptors (Lipinski definition) is 6. The molecule has 0 radical (unpaired) electrons. The van der Waals surface area contributed by atoms with Crippen LogP contribution in [0.1, 0.15) is 0 Å². The van der Waals surface area contributed by atoms with Crippen LogP contribution in [-0.2, 0) is 9.53 Å². The molecule has 1 aromatic heterocycles. The second-order valence-electron chi connectivity index (χ2n) is 3.36. The third kappa shape index (κ3) is 5.91. The number of aromatic nitrogens is 2. The molecule has 2 rings (SSSR count). The van der Waals surface area contributed by atoms with Crippen LogP contribution in [0.2, 0.25) is 0 Å². The van der Waals surface area contributed by atoms with Gasteiger partial charge in [-0.1, -0.05) is 28.1 Å². The fourth-order valence-electron chi connectivity index (χ4n) is 1.11. The Labute approximate surface area is 124 Å². The summed E-state index contributed by atoms with van der Waals surface area (Å²) in [6, 6.07) is 8.03. The second kappa shape index (κ2) is 8.73. The molecule has 0 fully saturated rings. The molecule has 19 heavy (non-hydrogen) atoms. The Balaban J connectivity index is 0.000000224. The molecule has 0 aliphatic carbocycles.